The summed E-state index contributed by atoms with van der Waals surface area (Å²) in [6, 6.07) is 3.34. The topological polar surface area (TPSA) is 55.8 Å². The standard InChI is InChI=1S/C12H15ClFNO4S/c13-20(16,17)10-1-2-12(11(14)9-10)19-8-5-15-3-6-18-7-4-15/h1-2,9H,3-8H2. The Hall–Kier alpha value is -0.890. The van der Waals surface area contributed by atoms with Crippen LogP contribution < -0.4 is 4.74 Å². The number of halogens is 2. The van der Waals surface area contributed by atoms with Crippen LogP contribution in [-0.2, 0) is 13.8 Å². The second kappa shape index (κ2) is 6.71. The maximum atomic E-state index is 13.7. The molecule has 1 aliphatic rings. The molecular weight excluding hydrogens is 309 g/mol. The van der Waals surface area contributed by atoms with Gasteiger partial charge >= 0.3 is 0 Å². The summed E-state index contributed by atoms with van der Waals surface area (Å²) in [7, 11) is 1.21. The van der Waals surface area contributed by atoms with Crippen LogP contribution in [0.1, 0.15) is 0 Å². The number of rotatable bonds is 5. The predicted octanol–water partition coefficient (Wildman–Crippen LogP) is 1.46. The minimum atomic E-state index is -3.93. The number of morpholine rings is 1. The van der Waals surface area contributed by atoms with E-state index in [1.54, 1.807) is 0 Å². The minimum Gasteiger partial charge on any atom is -0.489 e. The zero-order valence-electron chi connectivity index (χ0n) is 10.7. The Kier molecular flexibility index (Phi) is 5.20. The van der Waals surface area contributed by atoms with E-state index in [-0.39, 0.29) is 10.6 Å². The number of hydrogen-bond acceptors (Lipinski definition) is 5. The number of hydrogen-bond donors (Lipinski definition) is 0. The number of nitrogens with zero attached hydrogens (tertiary/aromatic N) is 1. The summed E-state index contributed by atoms with van der Waals surface area (Å²) < 4.78 is 46.3. The Morgan fingerprint density at radius 2 is 2.05 bits per heavy atom. The lowest BCUT2D eigenvalue weighted by Crippen LogP contribution is -2.38. The molecule has 0 spiro atoms. The van der Waals surface area contributed by atoms with E-state index in [1.165, 1.54) is 12.1 Å². The zero-order chi connectivity index (χ0) is 14.6. The fourth-order valence-electron chi connectivity index (χ4n) is 1.86. The summed E-state index contributed by atoms with van der Waals surface area (Å²) in [5.74, 6) is -0.726. The van der Waals surface area contributed by atoms with Gasteiger partial charge in [-0.05, 0) is 18.2 Å². The van der Waals surface area contributed by atoms with E-state index in [9.17, 15) is 12.8 Å². The van der Waals surface area contributed by atoms with Gasteiger partial charge in [-0.3, -0.25) is 4.90 Å². The van der Waals surface area contributed by atoms with E-state index in [4.69, 9.17) is 20.2 Å². The average Bonchev–Trinajstić information content (AvgIpc) is 2.40. The maximum absolute atomic E-state index is 13.7. The van der Waals surface area contributed by atoms with Crippen molar-refractivity contribution >= 4 is 19.7 Å². The van der Waals surface area contributed by atoms with E-state index in [1.807, 2.05) is 0 Å². The Bertz CT molecular complexity index is 561. The lowest BCUT2D eigenvalue weighted by Gasteiger charge is -2.26. The third-order valence-corrected chi connectivity index (χ3v) is 4.31. The summed E-state index contributed by atoms with van der Waals surface area (Å²) in [6.07, 6.45) is 0. The Morgan fingerprint density at radius 3 is 2.65 bits per heavy atom. The highest BCUT2D eigenvalue weighted by Crippen LogP contribution is 2.23. The lowest BCUT2D eigenvalue weighted by atomic mass is 10.3. The normalized spacial score (nSPS) is 17.1. The van der Waals surface area contributed by atoms with Gasteiger partial charge in [0.1, 0.15) is 6.61 Å². The molecule has 112 valence electrons. The van der Waals surface area contributed by atoms with Crippen molar-refractivity contribution in [1.29, 1.82) is 0 Å². The van der Waals surface area contributed by atoms with Crippen molar-refractivity contribution in [3.05, 3.63) is 24.0 Å². The number of benzene rings is 1. The Morgan fingerprint density at radius 1 is 1.35 bits per heavy atom. The summed E-state index contributed by atoms with van der Waals surface area (Å²) in [4.78, 5) is 1.87. The molecule has 2 rings (SSSR count). The first-order chi connectivity index (χ1) is 9.47. The van der Waals surface area contributed by atoms with Crippen LogP contribution >= 0.6 is 10.7 Å². The van der Waals surface area contributed by atoms with Crippen molar-refractivity contribution in [2.24, 2.45) is 0 Å². The second-order valence-corrected chi connectivity index (χ2v) is 6.90. The van der Waals surface area contributed by atoms with Crippen LogP contribution in [0.2, 0.25) is 0 Å². The number of ether oxygens (including phenoxy) is 2. The molecule has 1 fully saturated rings. The Labute approximate surface area is 121 Å². The van der Waals surface area contributed by atoms with Gasteiger partial charge < -0.3 is 9.47 Å². The van der Waals surface area contributed by atoms with Gasteiger partial charge in [0, 0.05) is 30.3 Å². The molecule has 0 bridgehead atoms. The third kappa shape index (κ3) is 4.31. The minimum absolute atomic E-state index is 0.0160. The summed E-state index contributed by atoms with van der Waals surface area (Å²) in [5, 5.41) is 0. The van der Waals surface area contributed by atoms with Gasteiger partial charge in [-0.15, -0.1) is 0 Å². The first-order valence-corrected chi connectivity index (χ1v) is 8.45. The second-order valence-electron chi connectivity index (χ2n) is 4.33. The van der Waals surface area contributed by atoms with E-state index >= 15 is 0 Å². The van der Waals surface area contributed by atoms with Crippen LogP contribution in [0.15, 0.2) is 23.1 Å². The van der Waals surface area contributed by atoms with Gasteiger partial charge in [-0.2, -0.15) is 0 Å². The van der Waals surface area contributed by atoms with Crippen molar-refractivity contribution in [3.8, 4) is 5.75 Å². The quantitative estimate of drug-likeness (QED) is 0.768. The van der Waals surface area contributed by atoms with Crippen molar-refractivity contribution in [1.82, 2.24) is 4.90 Å². The van der Waals surface area contributed by atoms with Crippen LogP contribution in [-0.4, -0.2) is 52.8 Å². The van der Waals surface area contributed by atoms with Gasteiger partial charge in [0.25, 0.3) is 9.05 Å². The molecule has 0 aliphatic carbocycles. The molecule has 0 amide bonds. The van der Waals surface area contributed by atoms with E-state index in [2.05, 4.69) is 4.90 Å². The summed E-state index contributed by atoms with van der Waals surface area (Å²) in [5.41, 5.74) is 0. The molecule has 0 atom stereocenters. The maximum Gasteiger partial charge on any atom is 0.261 e. The highest BCUT2D eigenvalue weighted by atomic mass is 35.7. The van der Waals surface area contributed by atoms with Crippen LogP contribution in [0.5, 0.6) is 5.75 Å². The van der Waals surface area contributed by atoms with Crippen LogP contribution in [0.4, 0.5) is 4.39 Å². The first-order valence-electron chi connectivity index (χ1n) is 6.14. The van der Waals surface area contributed by atoms with Crippen molar-refractivity contribution in [2.45, 2.75) is 4.90 Å². The highest BCUT2D eigenvalue weighted by Gasteiger charge is 2.14. The molecule has 0 radical (unpaired) electrons. The van der Waals surface area contributed by atoms with Gasteiger partial charge in [0.2, 0.25) is 0 Å². The largest absolute Gasteiger partial charge is 0.489 e. The van der Waals surface area contributed by atoms with E-state index in [0.29, 0.717) is 26.4 Å². The van der Waals surface area contributed by atoms with Gasteiger partial charge in [0.05, 0.1) is 18.1 Å². The molecule has 0 saturated carbocycles. The molecule has 1 aliphatic heterocycles. The molecule has 0 N–H and O–H groups in total. The zero-order valence-corrected chi connectivity index (χ0v) is 12.3. The van der Waals surface area contributed by atoms with Crippen molar-refractivity contribution < 1.29 is 22.3 Å². The molecule has 1 saturated heterocycles. The van der Waals surface area contributed by atoms with Gasteiger partial charge in [-0.1, -0.05) is 0 Å². The van der Waals surface area contributed by atoms with E-state index < -0.39 is 14.9 Å². The fraction of sp³-hybridized carbons (Fsp3) is 0.500. The first kappa shape index (κ1) is 15.5. The summed E-state index contributed by atoms with van der Waals surface area (Å²) in [6.45, 7) is 4.03. The van der Waals surface area contributed by atoms with E-state index in [0.717, 1.165) is 19.2 Å². The van der Waals surface area contributed by atoms with Crippen molar-refractivity contribution in [3.63, 3.8) is 0 Å². The molecular formula is C12H15ClFNO4S. The van der Waals surface area contributed by atoms with Crippen LogP contribution in [0, 0.1) is 5.82 Å². The molecule has 1 heterocycles. The van der Waals surface area contributed by atoms with Gasteiger partial charge in [-0.25, -0.2) is 12.8 Å². The molecule has 20 heavy (non-hydrogen) atoms. The Balaban J connectivity index is 1.90. The smallest absolute Gasteiger partial charge is 0.261 e. The SMILES string of the molecule is O=S(=O)(Cl)c1ccc(OCCN2CCOCC2)c(F)c1. The third-order valence-electron chi connectivity index (χ3n) is 2.95. The van der Waals surface area contributed by atoms with Crippen molar-refractivity contribution in [2.75, 3.05) is 39.5 Å². The highest BCUT2D eigenvalue weighted by molar-refractivity contribution is 8.13. The average molecular weight is 324 g/mol. The van der Waals surface area contributed by atoms with Crippen LogP contribution in [0.3, 0.4) is 0 Å². The van der Waals surface area contributed by atoms with Gasteiger partial charge in [0.15, 0.2) is 11.6 Å². The summed E-state index contributed by atoms with van der Waals surface area (Å²) >= 11 is 0. The lowest BCUT2D eigenvalue weighted by molar-refractivity contribution is 0.0320. The fourth-order valence-corrected chi connectivity index (χ4v) is 2.62. The monoisotopic (exact) mass is 323 g/mol. The molecule has 0 unspecified atom stereocenters. The van der Waals surface area contributed by atoms with Crippen LogP contribution in [0.25, 0.3) is 0 Å². The molecule has 1 aromatic carbocycles. The molecule has 5 nitrogen and oxygen atoms in total. The predicted molar refractivity (Wildman–Crippen MR) is 72.2 cm³/mol. The molecule has 8 heteroatoms. The molecule has 1 aromatic rings. The molecule has 0 aromatic heterocycles.